The van der Waals surface area contributed by atoms with Gasteiger partial charge in [-0.3, -0.25) is 0 Å². The molecule has 0 spiro atoms. The van der Waals surface area contributed by atoms with Gasteiger partial charge >= 0.3 is 5.97 Å². The summed E-state index contributed by atoms with van der Waals surface area (Å²) >= 11 is 0. The first kappa shape index (κ1) is 8.07. The van der Waals surface area contributed by atoms with Crippen molar-refractivity contribution in [3.63, 3.8) is 0 Å². The maximum Gasteiger partial charge on any atom is 0.336 e. The van der Waals surface area contributed by atoms with E-state index in [1.54, 1.807) is 0 Å². The van der Waals surface area contributed by atoms with Gasteiger partial charge in [0.25, 0.3) is 0 Å². The summed E-state index contributed by atoms with van der Waals surface area (Å²) < 4.78 is 0. The van der Waals surface area contributed by atoms with E-state index in [0.29, 0.717) is 6.42 Å². The van der Waals surface area contributed by atoms with Gasteiger partial charge in [-0.1, -0.05) is 13.3 Å². The van der Waals surface area contributed by atoms with Gasteiger partial charge in [0.15, 0.2) is 0 Å². The zero-order chi connectivity index (χ0) is 7.11. The molecule has 0 bridgehead atoms. The summed E-state index contributed by atoms with van der Waals surface area (Å²) in [6.07, 6.45) is 2.11. The highest BCUT2D eigenvalue weighted by molar-refractivity contribution is 5.68. The van der Waals surface area contributed by atoms with E-state index in [1.807, 2.05) is 6.92 Å². The molecule has 52 valence electrons. The van der Waals surface area contributed by atoms with Crippen molar-refractivity contribution in [2.24, 2.45) is 5.28 Å². The second-order valence-electron chi connectivity index (χ2n) is 1.66. The fourth-order valence-corrected chi connectivity index (χ4v) is 0.418. The van der Waals surface area contributed by atoms with Crippen LogP contribution in [0.4, 0.5) is 0 Å². The monoisotopic (exact) mass is 130 g/mol. The van der Waals surface area contributed by atoms with Crippen LogP contribution in [0.15, 0.2) is 5.28 Å². The van der Waals surface area contributed by atoms with E-state index in [0.717, 1.165) is 12.8 Å². The number of rotatable bonds is 4. The fraction of sp³-hybridized carbons (Fsp3) is 0.800. The van der Waals surface area contributed by atoms with Crippen LogP contribution in [0.3, 0.4) is 0 Å². The van der Waals surface area contributed by atoms with Gasteiger partial charge in [0, 0.05) is 11.7 Å². The highest BCUT2D eigenvalue weighted by Crippen LogP contribution is 1.95. The largest absolute Gasteiger partial charge is 0.336 e. The Bertz CT molecular complexity index is 103. The quantitative estimate of drug-likeness (QED) is 0.464. The van der Waals surface area contributed by atoms with Crippen LogP contribution in [-0.4, -0.2) is 5.97 Å². The standard InChI is InChI=1S/C5H10N2O2/c1-2-3-4-5(8)9-7-6/h6H,2-4H2,1H3. The predicted octanol–water partition coefficient (Wildman–Crippen LogP) is 1.67. The molecule has 9 heavy (non-hydrogen) atoms. The van der Waals surface area contributed by atoms with Crippen LogP contribution in [0.25, 0.3) is 0 Å². The maximum atomic E-state index is 10.4. The minimum absolute atomic E-state index is 0.360. The normalized spacial score (nSPS) is 8.56. The molecule has 0 unspecified atom stereocenters. The van der Waals surface area contributed by atoms with Gasteiger partial charge in [-0.15, -0.1) is 0 Å². The molecule has 0 aliphatic carbocycles. The van der Waals surface area contributed by atoms with E-state index in [2.05, 4.69) is 10.1 Å². The average molecular weight is 130 g/mol. The molecule has 0 aromatic rings. The Balaban J connectivity index is 3.16. The molecule has 0 amide bonds. The molecule has 0 aromatic heterocycles. The summed E-state index contributed by atoms with van der Waals surface area (Å²) in [5, 5.41) is 2.49. The molecular formula is C5H10N2O2. The number of nitrogens with one attached hydrogen (secondary N) is 1. The first-order valence-electron chi connectivity index (χ1n) is 2.88. The van der Waals surface area contributed by atoms with E-state index in [-0.39, 0.29) is 0 Å². The molecule has 4 heteroatoms. The molecule has 0 radical (unpaired) electrons. The average Bonchev–Trinajstić information content (AvgIpc) is 1.85. The third-order valence-corrected chi connectivity index (χ3v) is 0.882. The van der Waals surface area contributed by atoms with Crippen molar-refractivity contribution in [1.82, 2.24) is 0 Å². The van der Waals surface area contributed by atoms with Crippen LogP contribution in [0, 0.1) is 5.53 Å². The lowest BCUT2D eigenvalue weighted by Gasteiger charge is -1.91. The zero-order valence-corrected chi connectivity index (χ0v) is 5.39. The van der Waals surface area contributed by atoms with Gasteiger partial charge in [0.2, 0.25) is 0 Å². The van der Waals surface area contributed by atoms with Crippen LogP contribution in [0.5, 0.6) is 0 Å². The molecule has 0 saturated carbocycles. The molecule has 0 rings (SSSR count). The van der Waals surface area contributed by atoms with Gasteiger partial charge in [0.1, 0.15) is 0 Å². The van der Waals surface area contributed by atoms with Crippen molar-refractivity contribution in [3.8, 4) is 0 Å². The Hall–Kier alpha value is -0.930. The third kappa shape index (κ3) is 4.93. The number of hydrogen-bond donors (Lipinski definition) is 1. The van der Waals surface area contributed by atoms with Crippen molar-refractivity contribution in [1.29, 1.82) is 5.53 Å². The van der Waals surface area contributed by atoms with Crippen LogP contribution in [-0.2, 0) is 9.63 Å². The first-order valence-corrected chi connectivity index (χ1v) is 2.88. The molecule has 1 N–H and O–H groups in total. The number of unbranched alkanes of at least 4 members (excludes halogenated alkanes) is 1. The van der Waals surface area contributed by atoms with E-state index >= 15 is 0 Å². The first-order chi connectivity index (χ1) is 4.31. The van der Waals surface area contributed by atoms with Gasteiger partial charge in [-0.25, -0.2) is 4.79 Å². The molecule has 0 saturated heterocycles. The molecule has 0 heterocycles. The lowest BCUT2D eigenvalue weighted by atomic mass is 10.3. The Labute approximate surface area is 53.7 Å². The second kappa shape index (κ2) is 5.21. The molecule has 4 nitrogen and oxygen atoms in total. The highest BCUT2D eigenvalue weighted by atomic mass is 16.7. The lowest BCUT2D eigenvalue weighted by Crippen LogP contribution is -1.97. The molecule has 0 fully saturated rings. The Kier molecular flexibility index (Phi) is 4.67. The molecular weight excluding hydrogens is 120 g/mol. The number of nitrogens with zero attached hydrogens (tertiary/aromatic N) is 1. The fourth-order valence-electron chi connectivity index (χ4n) is 0.418. The Morgan fingerprint density at radius 2 is 2.44 bits per heavy atom. The lowest BCUT2D eigenvalue weighted by molar-refractivity contribution is -0.145. The topological polar surface area (TPSA) is 62.5 Å². The number of carbonyl (C=O) groups excluding carboxylic acids is 1. The van der Waals surface area contributed by atoms with Gasteiger partial charge < -0.3 is 4.84 Å². The summed E-state index contributed by atoms with van der Waals surface area (Å²) in [4.78, 5) is 14.4. The minimum Gasteiger partial charge on any atom is -0.300 e. The Morgan fingerprint density at radius 3 is 2.89 bits per heavy atom. The summed E-state index contributed by atoms with van der Waals surface area (Å²) in [7, 11) is 0. The van der Waals surface area contributed by atoms with Crippen LogP contribution >= 0.6 is 0 Å². The van der Waals surface area contributed by atoms with Crippen molar-refractivity contribution in [2.45, 2.75) is 26.2 Å². The summed E-state index contributed by atoms with van der Waals surface area (Å²) in [5.74, 6) is -0.424. The van der Waals surface area contributed by atoms with E-state index in [4.69, 9.17) is 5.53 Å². The van der Waals surface area contributed by atoms with Crippen molar-refractivity contribution < 1.29 is 9.63 Å². The maximum absolute atomic E-state index is 10.4. The number of carbonyl (C=O) groups is 1. The molecule has 0 aliphatic heterocycles. The van der Waals surface area contributed by atoms with E-state index < -0.39 is 5.97 Å². The van der Waals surface area contributed by atoms with E-state index in [9.17, 15) is 4.79 Å². The molecule has 0 atom stereocenters. The van der Waals surface area contributed by atoms with Crippen LogP contribution in [0.2, 0.25) is 0 Å². The molecule has 0 aromatic carbocycles. The zero-order valence-electron chi connectivity index (χ0n) is 5.39. The van der Waals surface area contributed by atoms with Crippen molar-refractivity contribution >= 4 is 5.97 Å². The van der Waals surface area contributed by atoms with Gasteiger partial charge in [-0.05, 0) is 6.42 Å². The van der Waals surface area contributed by atoms with Crippen molar-refractivity contribution in [3.05, 3.63) is 0 Å². The highest BCUT2D eigenvalue weighted by Gasteiger charge is 1.98. The van der Waals surface area contributed by atoms with Crippen LogP contribution in [0.1, 0.15) is 26.2 Å². The van der Waals surface area contributed by atoms with Crippen LogP contribution < -0.4 is 0 Å². The number of hydrogen-bond acceptors (Lipinski definition) is 4. The summed E-state index contributed by atoms with van der Waals surface area (Å²) in [5.41, 5.74) is 6.15. The Morgan fingerprint density at radius 1 is 1.78 bits per heavy atom. The summed E-state index contributed by atoms with van der Waals surface area (Å²) in [6.45, 7) is 1.98. The van der Waals surface area contributed by atoms with E-state index in [1.165, 1.54) is 0 Å². The molecule has 0 aliphatic rings. The minimum atomic E-state index is -0.424. The second-order valence-corrected chi connectivity index (χ2v) is 1.66. The third-order valence-electron chi connectivity index (χ3n) is 0.882. The smallest absolute Gasteiger partial charge is 0.300 e. The SMILES string of the molecule is CCCCC(=O)ON=N. The van der Waals surface area contributed by atoms with Gasteiger partial charge in [0.05, 0.1) is 0 Å². The predicted molar refractivity (Wildman–Crippen MR) is 30.8 cm³/mol. The van der Waals surface area contributed by atoms with Gasteiger partial charge in [-0.2, -0.15) is 5.53 Å². The van der Waals surface area contributed by atoms with Crippen molar-refractivity contribution in [2.75, 3.05) is 0 Å². The summed E-state index contributed by atoms with van der Waals surface area (Å²) in [6, 6.07) is 0.